The summed E-state index contributed by atoms with van der Waals surface area (Å²) in [4.78, 5) is 12.1. The average molecular weight is 367 g/mol. The van der Waals surface area contributed by atoms with Gasteiger partial charge < -0.3 is 5.32 Å². The third-order valence-electron chi connectivity index (χ3n) is 4.14. The molecule has 2 aromatic heterocycles. The first-order valence-corrected chi connectivity index (χ1v) is 8.25. The van der Waals surface area contributed by atoms with Crippen LogP contribution in [0.1, 0.15) is 22.6 Å². The van der Waals surface area contributed by atoms with E-state index < -0.39 is 12.5 Å². The Hall–Kier alpha value is -3.55. The van der Waals surface area contributed by atoms with E-state index in [4.69, 9.17) is 0 Å². The molecule has 2 aromatic carbocycles. The second kappa shape index (κ2) is 6.99. The minimum absolute atomic E-state index is 0.0982. The molecule has 1 amide bonds. The Morgan fingerprint density at radius 2 is 1.81 bits per heavy atom. The van der Waals surface area contributed by atoms with Crippen LogP contribution in [0.5, 0.6) is 0 Å². The maximum absolute atomic E-state index is 12.5. The van der Waals surface area contributed by atoms with Gasteiger partial charge in [-0.2, -0.15) is 19.0 Å². The molecule has 0 aliphatic heterocycles. The summed E-state index contributed by atoms with van der Waals surface area (Å²) < 4.78 is 27.2. The van der Waals surface area contributed by atoms with E-state index in [0.29, 0.717) is 17.0 Å². The molecule has 0 aliphatic carbocycles. The number of amides is 1. The number of benzene rings is 2. The minimum atomic E-state index is -2.79. The van der Waals surface area contributed by atoms with Gasteiger partial charge in [0.1, 0.15) is 0 Å². The zero-order valence-electron chi connectivity index (χ0n) is 14.1. The number of hydrogen-bond acceptors (Lipinski definition) is 3. The van der Waals surface area contributed by atoms with Gasteiger partial charge in [0.15, 0.2) is 11.5 Å². The molecule has 136 valence electrons. The number of carbonyl (C=O) groups excluding carboxylic acids is 1. The van der Waals surface area contributed by atoms with Gasteiger partial charge in [-0.1, -0.05) is 42.5 Å². The molecule has 27 heavy (non-hydrogen) atoms. The lowest BCUT2D eigenvalue weighted by Gasteiger charge is -2.06. The van der Waals surface area contributed by atoms with Crippen LogP contribution < -0.4 is 5.32 Å². The number of nitrogens with zero attached hydrogens (tertiary/aromatic N) is 4. The van der Waals surface area contributed by atoms with E-state index in [2.05, 4.69) is 21.6 Å². The first kappa shape index (κ1) is 16.9. The van der Waals surface area contributed by atoms with Crippen LogP contribution in [0, 0.1) is 0 Å². The summed E-state index contributed by atoms with van der Waals surface area (Å²) in [5, 5.41) is 12.7. The van der Waals surface area contributed by atoms with Crippen molar-refractivity contribution in [3.63, 3.8) is 0 Å². The van der Waals surface area contributed by atoms with Gasteiger partial charge in [0, 0.05) is 18.5 Å². The number of aromatic nitrogens is 4. The monoisotopic (exact) mass is 367 g/mol. The van der Waals surface area contributed by atoms with E-state index in [1.54, 1.807) is 16.9 Å². The number of hydrogen-bond donors (Lipinski definition) is 1. The molecule has 0 saturated carbocycles. The molecule has 0 saturated heterocycles. The molecule has 6 nitrogen and oxygen atoms in total. The molecule has 8 heteroatoms. The van der Waals surface area contributed by atoms with Gasteiger partial charge in [0.05, 0.1) is 6.54 Å². The highest BCUT2D eigenvalue weighted by atomic mass is 19.3. The molecule has 0 atom stereocenters. The molecule has 0 radical (unpaired) electrons. The lowest BCUT2D eigenvalue weighted by atomic mass is 10.0. The molecule has 0 aliphatic rings. The Labute approximate surface area is 153 Å². The van der Waals surface area contributed by atoms with Gasteiger partial charge in [-0.05, 0) is 22.4 Å². The zero-order chi connectivity index (χ0) is 18.8. The fraction of sp³-hybridized carbons (Fsp3) is 0.105. The van der Waals surface area contributed by atoms with Crippen molar-refractivity contribution < 1.29 is 13.6 Å². The highest BCUT2D eigenvalue weighted by Gasteiger charge is 2.14. The van der Waals surface area contributed by atoms with Crippen molar-refractivity contribution in [2.24, 2.45) is 0 Å². The fourth-order valence-electron chi connectivity index (χ4n) is 2.87. The van der Waals surface area contributed by atoms with Gasteiger partial charge in [0.25, 0.3) is 5.91 Å². The number of nitrogens with one attached hydrogen (secondary N) is 1. The molecule has 0 spiro atoms. The van der Waals surface area contributed by atoms with Crippen molar-refractivity contribution in [3.05, 3.63) is 78.2 Å². The number of rotatable bonds is 5. The number of alkyl halides is 2. The van der Waals surface area contributed by atoms with E-state index >= 15 is 0 Å². The summed E-state index contributed by atoms with van der Waals surface area (Å²) in [5.41, 5.74) is 1.00. The second-order valence-corrected chi connectivity index (χ2v) is 5.95. The molecule has 1 N–H and O–H groups in total. The minimum Gasteiger partial charge on any atom is -0.304 e. The van der Waals surface area contributed by atoms with E-state index in [9.17, 15) is 13.6 Å². The van der Waals surface area contributed by atoms with Crippen molar-refractivity contribution in [1.82, 2.24) is 19.6 Å². The van der Waals surface area contributed by atoms with Crippen LogP contribution in [0.2, 0.25) is 0 Å². The van der Waals surface area contributed by atoms with Crippen LogP contribution in [0.15, 0.2) is 67.0 Å². The molecule has 2 heterocycles. The van der Waals surface area contributed by atoms with Crippen LogP contribution >= 0.6 is 0 Å². The maximum atomic E-state index is 12.5. The Morgan fingerprint density at radius 1 is 1.00 bits per heavy atom. The standard InChI is InChI=1S/C19H15F2N5O/c20-19(21)26-11-8-16(23-26)18(27)22-17-9-10-25(24-17)12-14-6-3-5-13-4-1-2-7-15(13)14/h1-11,19H,12H2,(H,22,24,27). The van der Waals surface area contributed by atoms with Crippen molar-refractivity contribution in [2.45, 2.75) is 13.1 Å². The molecular weight excluding hydrogens is 352 g/mol. The topological polar surface area (TPSA) is 64.7 Å². The summed E-state index contributed by atoms with van der Waals surface area (Å²) in [5.74, 6) is -0.267. The smallest absolute Gasteiger partial charge is 0.304 e. The number of carbonyl (C=O) groups is 1. The Morgan fingerprint density at radius 3 is 2.63 bits per heavy atom. The summed E-state index contributed by atoms with van der Waals surface area (Å²) in [6.07, 6.45) is 2.80. The lowest BCUT2D eigenvalue weighted by Crippen LogP contribution is -2.14. The average Bonchev–Trinajstić information content (AvgIpc) is 3.32. The summed E-state index contributed by atoms with van der Waals surface area (Å²) in [6.45, 7) is -2.25. The molecule has 4 aromatic rings. The Balaban J connectivity index is 1.49. The lowest BCUT2D eigenvalue weighted by molar-refractivity contribution is 0.0561. The van der Waals surface area contributed by atoms with E-state index in [1.165, 1.54) is 6.07 Å². The summed E-state index contributed by atoms with van der Waals surface area (Å²) >= 11 is 0. The first-order chi connectivity index (χ1) is 13.1. The van der Waals surface area contributed by atoms with Crippen LogP contribution in [0.3, 0.4) is 0 Å². The summed E-state index contributed by atoms with van der Waals surface area (Å²) in [6, 6.07) is 17.0. The highest BCUT2D eigenvalue weighted by Crippen LogP contribution is 2.19. The normalized spacial score (nSPS) is 11.2. The predicted molar refractivity (Wildman–Crippen MR) is 96.7 cm³/mol. The van der Waals surface area contributed by atoms with Crippen molar-refractivity contribution in [2.75, 3.05) is 5.32 Å². The van der Waals surface area contributed by atoms with Gasteiger partial charge in [0.2, 0.25) is 0 Å². The van der Waals surface area contributed by atoms with Crippen molar-refractivity contribution in [1.29, 1.82) is 0 Å². The van der Waals surface area contributed by atoms with E-state index in [0.717, 1.165) is 22.5 Å². The zero-order valence-corrected chi connectivity index (χ0v) is 14.1. The van der Waals surface area contributed by atoms with E-state index in [-0.39, 0.29) is 5.69 Å². The van der Waals surface area contributed by atoms with Gasteiger partial charge in [-0.3, -0.25) is 9.48 Å². The van der Waals surface area contributed by atoms with Crippen LogP contribution in [-0.4, -0.2) is 25.5 Å². The van der Waals surface area contributed by atoms with Gasteiger partial charge in [-0.25, -0.2) is 4.68 Å². The molecular formula is C19H15F2N5O. The number of anilines is 1. The Bertz CT molecular complexity index is 1100. The molecule has 0 fully saturated rings. The van der Waals surface area contributed by atoms with Gasteiger partial charge >= 0.3 is 6.55 Å². The Kier molecular flexibility index (Phi) is 4.37. The van der Waals surface area contributed by atoms with Crippen LogP contribution in [-0.2, 0) is 6.54 Å². The van der Waals surface area contributed by atoms with Crippen molar-refractivity contribution >= 4 is 22.5 Å². The maximum Gasteiger partial charge on any atom is 0.333 e. The second-order valence-electron chi connectivity index (χ2n) is 5.95. The quantitative estimate of drug-likeness (QED) is 0.581. The first-order valence-electron chi connectivity index (χ1n) is 8.25. The fourth-order valence-corrected chi connectivity index (χ4v) is 2.87. The SMILES string of the molecule is O=C(Nc1ccn(Cc2cccc3ccccc23)n1)c1ccn(C(F)F)n1. The van der Waals surface area contributed by atoms with Crippen LogP contribution in [0.25, 0.3) is 10.8 Å². The highest BCUT2D eigenvalue weighted by molar-refractivity contribution is 6.02. The van der Waals surface area contributed by atoms with Crippen molar-refractivity contribution in [3.8, 4) is 0 Å². The number of halogens is 2. The molecule has 0 bridgehead atoms. The molecule has 0 unspecified atom stereocenters. The molecule has 4 rings (SSSR count). The third-order valence-corrected chi connectivity index (χ3v) is 4.14. The van der Waals surface area contributed by atoms with E-state index in [1.807, 2.05) is 36.4 Å². The predicted octanol–water partition coefficient (Wildman–Crippen LogP) is 3.93. The summed E-state index contributed by atoms with van der Waals surface area (Å²) in [7, 11) is 0. The number of fused-ring (bicyclic) bond motifs is 1. The third kappa shape index (κ3) is 3.55. The van der Waals surface area contributed by atoms with Crippen LogP contribution in [0.4, 0.5) is 14.6 Å². The van der Waals surface area contributed by atoms with Gasteiger partial charge in [-0.15, -0.1) is 0 Å². The largest absolute Gasteiger partial charge is 0.333 e.